The number of halogens is 1. The molecular formula is C20H18FN3O3. The predicted molar refractivity (Wildman–Crippen MR) is 95.1 cm³/mol. The fraction of sp³-hybridized carbons (Fsp3) is 0.350. The monoisotopic (exact) mass is 367 g/mol. The lowest BCUT2D eigenvalue weighted by Gasteiger charge is -2.39. The standard InChI is InChI=1S/C20H18FN3O3/c21-13-2-3-15(23-9-13)16(25)8-12-1-4-17-14(7-12)20(11-27-18(22)24-20)19(5-6-19)10-26-17/h1-4,7,9H,5-6,8,10-11H2,(H2,22,24). The molecule has 1 saturated carbocycles. The molecule has 0 saturated heterocycles. The van der Waals surface area contributed by atoms with E-state index in [1.165, 1.54) is 12.1 Å². The summed E-state index contributed by atoms with van der Waals surface area (Å²) in [5, 5.41) is 0. The van der Waals surface area contributed by atoms with Gasteiger partial charge in [0.25, 0.3) is 6.02 Å². The summed E-state index contributed by atoms with van der Waals surface area (Å²) in [5.41, 5.74) is 7.21. The van der Waals surface area contributed by atoms with E-state index in [1.807, 2.05) is 18.2 Å². The summed E-state index contributed by atoms with van der Waals surface area (Å²) in [6, 6.07) is 8.53. The molecular weight excluding hydrogens is 349 g/mol. The first-order valence-electron chi connectivity index (χ1n) is 8.91. The number of ether oxygens (including phenoxy) is 2. The molecule has 2 aliphatic heterocycles. The number of hydrogen-bond acceptors (Lipinski definition) is 6. The van der Waals surface area contributed by atoms with Crippen LogP contribution in [-0.4, -0.2) is 30.0 Å². The van der Waals surface area contributed by atoms with Gasteiger partial charge in [0.05, 0.1) is 12.8 Å². The van der Waals surface area contributed by atoms with Crippen molar-refractivity contribution in [2.24, 2.45) is 16.1 Å². The van der Waals surface area contributed by atoms with Crippen molar-refractivity contribution < 1.29 is 18.7 Å². The van der Waals surface area contributed by atoms with Crippen molar-refractivity contribution in [3.63, 3.8) is 0 Å². The number of amidine groups is 1. The Hall–Kier alpha value is -2.96. The number of aromatic nitrogens is 1. The molecule has 1 atom stereocenters. The van der Waals surface area contributed by atoms with Crippen molar-refractivity contribution in [3.8, 4) is 5.75 Å². The second kappa shape index (κ2) is 5.52. The second-order valence-corrected chi connectivity index (χ2v) is 7.46. The third kappa shape index (κ3) is 2.41. The molecule has 0 bridgehead atoms. The molecule has 1 fully saturated rings. The van der Waals surface area contributed by atoms with Gasteiger partial charge in [-0.1, -0.05) is 6.07 Å². The number of nitrogens with two attached hydrogens (primary N) is 1. The van der Waals surface area contributed by atoms with E-state index in [4.69, 9.17) is 15.2 Å². The molecule has 2 N–H and O–H groups in total. The van der Waals surface area contributed by atoms with Crippen molar-refractivity contribution >= 4 is 11.8 Å². The van der Waals surface area contributed by atoms with E-state index >= 15 is 0 Å². The Labute approximate surface area is 155 Å². The molecule has 6 nitrogen and oxygen atoms in total. The smallest absolute Gasteiger partial charge is 0.283 e. The molecule has 3 aliphatic rings. The van der Waals surface area contributed by atoms with E-state index in [-0.39, 0.29) is 29.3 Å². The van der Waals surface area contributed by atoms with Crippen molar-refractivity contribution in [1.82, 2.24) is 4.98 Å². The minimum atomic E-state index is -0.544. The first kappa shape index (κ1) is 16.2. The Morgan fingerprint density at radius 2 is 2.04 bits per heavy atom. The van der Waals surface area contributed by atoms with Gasteiger partial charge in [0.15, 0.2) is 5.78 Å². The van der Waals surface area contributed by atoms with Gasteiger partial charge in [-0.25, -0.2) is 9.38 Å². The van der Waals surface area contributed by atoms with Gasteiger partial charge < -0.3 is 15.2 Å². The van der Waals surface area contributed by atoms with Crippen LogP contribution in [0.2, 0.25) is 0 Å². The first-order valence-corrected chi connectivity index (χ1v) is 8.91. The number of rotatable bonds is 3. The van der Waals surface area contributed by atoms with Gasteiger partial charge in [-0.2, -0.15) is 0 Å². The molecule has 138 valence electrons. The average Bonchev–Trinajstić information content (AvgIpc) is 3.35. The highest BCUT2D eigenvalue weighted by Gasteiger charge is 2.66. The number of Topliss-reactive ketones (excluding diaryl/α,β-unsaturated/α-hetero) is 1. The lowest BCUT2D eigenvalue weighted by Crippen LogP contribution is -2.44. The van der Waals surface area contributed by atoms with Gasteiger partial charge in [0, 0.05) is 17.4 Å². The van der Waals surface area contributed by atoms with Crippen LogP contribution in [0.15, 0.2) is 41.5 Å². The molecule has 0 radical (unpaired) electrons. The van der Waals surface area contributed by atoms with Crippen LogP contribution in [0.25, 0.3) is 0 Å². The molecule has 1 aliphatic carbocycles. The molecule has 2 spiro atoms. The van der Waals surface area contributed by atoms with E-state index < -0.39 is 11.4 Å². The van der Waals surface area contributed by atoms with Crippen LogP contribution in [0.1, 0.15) is 34.5 Å². The Kier molecular flexibility index (Phi) is 3.32. The largest absolute Gasteiger partial charge is 0.493 e. The zero-order valence-corrected chi connectivity index (χ0v) is 14.6. The van der Waals surface area contributed by atoms with E-state index in [1.54, 1.807) is 0 Å². The van der Waals surface area contributed by atoms with Crippen LogP contribution in [-0.2, 0) is 16.7 Å². The van der Waals surface area contributed by atoms with Gasteiger partial charge in [-0.3, -0.25) is 9.78 Å². The highest BCUT2D eigenvalue weighted by molar-refractivity contribution is 5.95. The first-order chi connectivity index (χ1) is 13.0. The summed E-state index contributed by atoms with van der Waals surface area (Å²) in [5.74, 6) is 0.115. The Morgan fingerprint density at radius 1 is 1.19 bits per heavy atom. The molecule has 1 aromatic carbocycles. The van der Waals surface area contributed by atoms with E-state index in [2.05, 4.69) is 9.98 Å². The fourth-order valence-corrected chi connectivity index (χ4v) is 4.12. The van der Waals surface area contributed by atoms with E-state index in [9.17, 15) is 9.18 Å². The summed E-state index contributed by atoms with van der Waals surface area (Å²) >= 11 is 0. The average molecular weight is 367 g/mol. The Bertz CT molecular complexity index is 969. The van der Waals surface area contributed by atoms with Crippen LogP contribution >= 0.6 is 0 Å². The van der Waals surface area contributed by atoms with Crippen LogP contribution in [0.3, 0.4) is 0 Å². The lowest BCUT2D eigenvalue weighted by molar-refractivity contribution is 0.0869. The summed E-state index contributed by atoms with van der Waals surface area (Å²) in [4.78, 5) is 21.1. The summed E-state index contributed by atoms with van der Waals surface area (Å²) < 4.78 is 24.5. The number of carbonyl (C=O) groups excluding carboxylic acids is 1. The zero-order valence-electron chi connectivity index (χ0n) is 14.6. The number of benzene rings is 1. The molecule has 1 unspecified atom stereocenters. The van der Waals surface area contributed by atoms with Crippen molar-refractivity contribution in [2.45, 2.75) is 24.8 Å². The molecule has 7 heteroatoms. The number of pyridine rings is 1. The molecule has 1 aromatic heterocycles. The number of carbonyl (C=O) groups is 1. The minimum absolute atomic E-state index is 0.0811. The molecule has 5 rings (SSSR count). The zero-order chi connectivity index (χ0) is 18.6. The minimum Gasteiger partial charge on any atom is -0.493 e. The molecule has 0 amide bonds. The van der Waals surface area contributed by atoms with E-state index in [0.29, 0.717) is 13.2 Å². The highest BCUT2D eigenvalue weighted by Crippen LogP contribution is 2.65. The van der Waals surface area contributed by atoms with Gasteiger partial charge in [-0.15, -0.1) is 0 Å². The van der Waals surface area contributed by atoms with Gasteiger partial charge in [0.1, 0.15) is 29.4 Å². The van der Waals surface area contributed by atoms with Crippen LogP contribution in [0.5, 0.6) is 5.75 Å². The third-order valence-electron chi connectivity index (χ3n) is 5.83. The number of nitrogens with zero attached hydrogens (tertiary/aromatic N) is 2. The normalized spacial score (nSPS) is 24.1. The maximum absolute atomic E-state index is 13.0. The van der Waals surface area contributed by atoms with Crippen LogP contribution in [0, 0.1) is 11.2 Å². The molecule has 2 aromatic rings. The Balaban J connectivity index is 1.50. The van der Waals surface area contributed by atoms with Gasteiger partial charge in [0.2, 0.25) is 0 Å². The topological polar surface area (TPSA) is 86.8 Å². The van der Waals surface area contributed by atoms with Crippen molar-refractivity contribution in [3.05, 3.63) is 59.2 Å². The lowest BCUT2D eigenvalue weighted by atomic mass is 9.74. The van der Waals surface area contributed by atoms with Crippen LogP contribution < -0.4 is 10.5 Å². The van der Waals surface area contributed by atoms with Gasteiger partial charge in [-0.05, 0) is 42.7 Å². The third-order valence-corrected chi connectivity index (χ3v) is 5.83. The summed E-state index contributed by atoms with van der Waals surface area (Å²) in [6.45, 7) is 0.990. The number of ketones is 1. The Morgan fingerprint density at radius 3 is 2.70 bits per heavy atom. The summed E-state index contributed by atoms with van der Waals surface area (Å²) in [6.07, 6.45) is 3.23. The second-order valence-electron chi connectivity index (χ2n) is 7.46. The van der Waals surface area contributed by atoms with Gasteiger partial charge >= 0.3 is 0 Å². The fourth-order valence-electron chi connectivity index (χ4n) is 4.12. The maximum atomic E-state index is 13.0. The number of hydrogen-bond donors (Lipinski definition) is 1. The predicted octanol–water partition coefficient (Wildman–Crippen LogP) is 2.36. The van der Waals surface area contributed by atoms with Crippen LogP contribution in [0.4, 0.5) is 4.39 Å². The summed E-state index contributed by atoms with van der Waals surface area (Å²) in [7, 11) is 0. The highest BCUT2D eigenvalue weighted by atomic mass is 19.1. The van der Waals surface area contributed by atoms with E-state index in [0.717, 1.165) is 35.9 Å². The van der Waals surface area contributed by atoms with Crippen molar-refractivity contribution in [1.29, 1.82) is 0 Å². The van der Waals surface area contributed by atoms with Crippen molar-refractivity contribution in [2.75, 3.05) is 13.2 Å². The maximum Gasteiger partial charge on any atom is 0.283 e. The molecule has 27 heavy (non-hydrogen) atoms. The molecule has 3 heterocycles. The number of fused-ring (bicyclic) bond motifs is 3. The SMILES string of the molecule is NC1=NC2(CO1)c1cc(CC(=O)c3ccc(F)cn3)ccc1OCC21CC1. The number of aliphatic imine (C=N–C) groups is 1. The quantitative estimate of drug-likeness (QED) is 0.842.